The van der Waals surface area contributed by atoms with Crippen LogP contribution in [0.2, 0.25) is 0 Å². The molecule has 0 aromatic carbocycles. The molecule has 0 aliphatic heterocycles. The van der Waals surface area contributed by atoms with E-state index in [1.54, 1.807) is 0 Å². The molecule has 0 atom stereocenters. The normalized spacial score (nSPS) is 22.8. The van der Waals surface area contributed by atoms with Crippen LogP contribution >= 0.6 is 11.6 Å². The van der Waals surface area contributed by atoms with E-state index in [9.17, 15) is 0 Å². The summed E-state index contributed by atoms with van der Waals surface area (Å²) < 4.78 is 0. The van der Waals surface area contributed by atoms with Crippen molar-refractivity contribution in [2.24, 2.45) is 5.41 Å². The fourth-order valence-electron chi connectivity index (χ4n) is 0.702. The fraction of sp³-hybridized carbons (Fsp3) is 0.714. The molecule has 0 N–H and O–H groups in total. The van der Waals surface area contributed by atoms with Gasteiger partial charge in [-0.1, -0.05) is 19.1 Å². The minimum absolute atomic E-state index is 0.432. The van der Waals surface area contributed by atoms with Crippen LogP contribution in [0.15, 0.2) is 12.2 Å². The molecule has 1 aliphatic rings. The van der Waals surface area contributed by atoms with Crippen molar-refractivity contribution in [2.45, 2.75) is 19.8 Å². The first-order valence-corrected chi connectivity index (χ1v) is 3.47. The van der Waals surface area contributed by atoms with E-state index in [0.29, 0.717) is 11.3 Å². The number of alkyl halides is 1. The van der Waals surface area contributed by atoms with E-state index in [1.807, 2.05) is 0 Å². The molecule has 0 aromatic rings. The van der Waals surface area contributed by atoms with E-state index < -0.39 is 0 Å². The maximum atomic E-state index is 5.58. The van der Waals surface area contributed by atoms with Crippen LogP contribution in [0.3, 0.4) is 0 Å². The van der Waals surface area contributed by atoms with Crippen molar-refractivity contribution in [3.8, 4) is 0 Å². The third-order valence-corrected chi connectivity index (χ3v) is 2.34. The van der Waals surface area contributed by atoms with Gasteiger partial charge in [0.25, 0.3) is 0 Å². The van der Waals surface area contributed by atoms with Gasteiger partial charge in [0.1, 0.15) is 0 Å². The summed E-state index contributed by atoms with van der Waals surface area (Å²) in [6.45, 7) is 6.09. The second kappa shape index (κ2) is 1.77. The van der Waals surface area contributed by atoms with Gasteiger partial charge in [0, 0.05) is 5.88 Å². The quantitative estimate of drug-likeness (QED) is 0.398. The monoisotopic (exact) mass is 130 g/mol. The molecule has 0 nitrogen and oxygen atoms in total. The van der Waals surface area contributed by atoms with Crippen LogP contribution in [0.4, 0.5) is 0 Å². The van der Waals surface area contributed by atoms with Crippen LogP contribution in [0.1, 0.15) is 19.8 Å². The van der Waals surface area contributed by atoms with E-state index >= 15 is 0 Å². The predicted molar refractivity (Wildman–Crippen MR) is 37.2 cm³/mol. The molecule has 1 rings (SSSR count). The molecule has 1 aliphatic carbocycles. The van der Waals surface area contributed by atoms with Crippen molar-refractivity contribution >= 4 is 11.6 Å². The Bertz CT molecular complexity index is 112. The summed E-state index contributed by atoms with van der Waals surface area (Å²) in [5, 5.41) is 0. The molecular formula is C7H11Cl. The first kappa shape index (κ1) is 6.15. The summed E-state index contributed by atoms with van der Waals surface area (Å²) in [6, 6.07) is 0. The Morgan fingerprint density at radius 3 is 2.38 bits per heavy atom. The molecule has 0 saturated heterocycles. The van der Waals surface area contributed by atoms with E-state index in [4.69, 9.17) is 11.6 Å². The molecular weight excluding hydrogens is 120 g/mol. The van der Waals surface area contributed by atoms with E-state index in [1.165, 1.54) is 18.4 Å². The summed E-state index contributed by atoms with van der Waals surface area (Å²) in [7, 11) is 0. The molecule has 0 radical (unpaired) electrons. The highest BCUT2D eigenvalue weighted by Gasteiger charge is 2.39. The molecule has 1 heteroatoms. The summed E-state index contributed by atoms with van der Waals surface area (Å²) in [5.41, 5.74) is 1.64. The van der Waals surface area contributed by atoms with Crippen molar-refractivity contribution in [3.05, 3.63) is 12.2 Å². The molecule has 1 fully saturated rings. The molecule has 0 spiro atoms. The second-order valence-electron chi connectivity index (χ2n) is 2.80. The van der Waals surface area contributed by atoms with Gasteiger partial charge in [0.15, 0.2) is 0 Å². The summed E-state index contributed by atoms with van der Waals surface area (Å²) >= 11 is 5.58. The van der Waals surface area contributed by atoms with Crippen molar-refractivity contribution in [1.82, 2.24) is 0 Å². The zero-order chi connectivity index (χ0) is 6.20. The van der Waals surface area contributed by atoms with Gasteiger partial charge in [-0.2, -0.15) is 0 Å². The Labute approximate surface area is 55.5 Å². The smallest absolute Gasteiger partial charge is 0.0436 e. The Morgan fingerprint density at radius 1 is 1.75 bits per heavy atom. The van der Waals surface area contributed by atoms with Gasteiger partial charge in [-0.05, 0) is 18.3 Å². The Morgan fingerprint density at radius 2 is 2.25 bits per heavy atom. The zero-order valence-electron chi connectivity index (χ0n) is 5.21. The third-order valence-electron chi connectivity index (χ3n) is 2.01. The van der Waals surface area contributed by atoms with Crippen molar-refractivity contribution in [1.29, 1.82) is 0 Å². The molecule has 0 amide bonds. The number of hydrogen-bond acceptors (Lipinski definition) is 0. The molecule has 0 aromatic heterocycles. The first-order valence-electron chi connectivity index (χ1n) is 2.93. The number of allylic oxidation sites excluding steroid dienone is 1. The van der Waals surface area contributed by atoms with Crippen molar-refractivity contribution < 1.29 is 0 Å². The molecule has 0 bridgehead atoms. The average molecular weight is 131 g/mol. The highest BCUT2D eigenvalue weighted by Crippen LogP contribution is 2.50. The van der Waals surface area contributed by atoms with E-state index in [0.717, 1.165) is 0 Å². The van der Waals surface area contributed by atoms with Crippen LogP contribution in [0.25, 0.3) is 0 Å². The lowest BCUT2D eigenvalue weighted by Crippen LogP contribution is -1.97. The van der Waals surface area contributed by atoms with Crippen molar-refractivity contribution in [2.75, 3.05) is 5.88 Å². The largest absolute Gasteiger partial charge is 0.122 e. The Kier molecular flexibility index (Phi) is 1.36. The third kappa shape index (κ3) is 0.899. The highest BCUT2D eigenvalue weighted by atomic mass is 35.5. The summed E-state index contributed by atoms with van der Waals surface area (Å²) in [6.07, 6.45) is 2.58. The number of halogens is 1. The topological polar surface area (TPSA) is 0 Å². The van der Waals surface area contributed by atoms with Crippen LogP contribution < -0.4 is 0 Å². The van der Waals surface area contributed by atoms with E-state index in [-0.39, 0.29) is 0 Å². The van der Waals surface area contributed by atoms with Gasteiger partial charge in [0.2, 0.25) is 0 Å². The van der Waals surface area contributed by atoms with Crippen LogP contribution in [0.5, 0.6) is 0 Å². The standard InChI is InChI=1S/C7H11Cl/c1-6(5-8)7(2)3-4-7/h1,3-5H2,2H3. The average Bonchev–Trinajstić information content (AvgIpc) is 2.47. The van der Waals surface area contributed by atoms with Crippen LogP contribution in [0, 0.1) is 5.41 Å². The molecule has 46 valence electrons. The molecule has 0 heterocycles. The predicted octanol–water partition coefficient (Wildman–Crippen LogP) is 2.58. The van der Waals surface area contributed by atoms with Gasteiger partial charge in [-0.3, -0.25) is 0 Å². The second-order valence-corrected chi connectivity index (χ2v) is 3.07. The summed E-state index contributed by atoms with van der Waals surface area (Å²) in [4.78, 5) is 0. The number of rotatable bonds is 2. The Hall–Kier alpha value is 0.0300. The van der Waals surface area contributed by atoms with Crippen LogP contribution in [-0.4, -0.2) is 5.88 Å². The summed E-state index contributed by atoms with van der Waals surface area (Å²) in [5.74, 6) is 0.635. The Balaban J connectivity index is 2.46. The van der Waals surface area contributed by atoms with Gasteiger partial charge in [0.05, 0.1) is 0 Å². The zero-order valence-corrected chi connectivity index (χ0v) is 5.96. The van der Waals surface area contributed by atoms with Gasteiger partial charge in [-0.15, -0.1) is 11.6 Å². The fourth-order valence-corrected chi connectivity index (χ4v) is 1.02. The maximum absolute atomic E-state index is 5.58. The molecule has 0 unspecified atom stereocenters. The lowest BCUT2D eigenvalue weighted by atomic mass is 10.0. The number of hydrogen-bond donors (Lipinski definition) is 0. The highest BCUT2D eigenvalue weighted by molar-refractivity contribution is 6.19. The lowest BCUT2D eigenvalue weighted by Gasteiger charge is -2.06. The van der Waals surface area contributed by atoms with Gasteiger partial charge in [-0.25, -0.2) is 0 Å². The van der Waals surface area contributed by atoms with Crippen LogP contribution in [-0.2, 0) is 0 Å². The van der Waals surface area contributed by atoms with Crippen molar-refractivity contribution in [3.63, 3.8) is 0 Å². The minimum atomic E-state index is 0.432. The van der Waals surface area contributed by atoms with Gasteiger partial charge >= 0.3 is 0 Å². The minimum Gasteiger partial charge on any atom is -0.122 e. The SMILES string of the molecule is C=C(CCl)C1(C)CC1. The molecule has 8 heavy (non-hydrogen) atoms. The lowest BCUT2D eigenvalue weighted by molar-refractivity contribution is 0.695. The van der Waals surface area contributed by atoms with Gasteiger partial charge < -0.3 is 0 Å². The first-order chi connectivity index (χ1) is 3.69. The molecule has 1 saturated carbocycles. The van der Waals surface area contributed by atoms with E-state index in [2.05, 4.69) is 13.5 Å². The maximum Gasteiger partial charge on any atom is 0.0436 e.